The largest absolute Gasteiger partial charge is 0.479 e. The van der Waals surface area contributed by atoms with Gasteiger partial charge in [-0.15, -0.1) is 0 Å². The van der Waals surface area contributed by atoms with Gasteiger partial charge in [0.1, 0.15) is 0 Å². The summed E-state index contributed by atoms with van der Waals surface area (Å²) in [5.74, 6) is -0.872. The molecule has 76 valence electrons. The molecule has 1 aliphatic rings. The van der Waals surface area contributed by atoms with Crippen LogP contribution in [0.4, 0.5) is 0 Å². The normalized spacial score (nSPS) is 30.3. The van der Waals surface area contributed by atoms with Crippen LogP contribution in [0.5, 0.6) is 0 Å². The number of rotatable bonds is 4. The summed E-state index contributed by atoms with van der Waals surface area (Å²) in [7, 11) is 0. The lowest BCUT2D eigenvalue weighted by Gasteiger charge is -2.16. The van der Waals surface area contributed by atoms with Crippen molar-refractivity contribution < 1.29 is 14.6 Å². The molecule has 0 aromatic rings. The van der Waals surface area contributed by atoms with Crippen LogP contribution < -0.4 is 5.73 Å². The van der Waals surface area contributed by atoms with Crippen molar-refractivity contribution in [1.29, 1.82) is 0 Å². The molecule has 1 fully saturated rings. The van der Waals surface area contributed by atoms with E-state index in [-0.39, 0.29) is 12.1 Å². The summed E-state index contributed by atoms with van der Waals surface area (Å²) < 4.78 is 5.41. The average Bonchev–Trinajstić information content (AvgIpc) is 2.46. The molecule has 0 saturated heterocycles. The molecule has 0 aromatic heterocycles. The van der Waals surface area contributed by atoms with Gasteiger partial charge in [0.05, 0.1) is 6.10 Å². The van der Waals surface area contributed by atoms with Crippen molar-refractivity contribution in [2.45, 2.75) is 50.9 Å². The summed E-state index contributed by atoms with van der Waals surface area (Å²) in [6.07, 6.45) is 2.54. The molecule has 4 heteroatoms. The van der Waals surface area contributed by atoms with Gasteiger partial charge in [-0.05, 0) is 25.7 Å². The third kappa shape index (κ3) is 2.97. The maximum absolute atomic E-state index is 10.6. The Morgan fingerprint density at radius 1 is 1.69 bits per heavy atom. The van der Waals surface area contributed by atoms with Crippen LogP contribution in [0.3, 0.4) is 0 Å². The molecular weight excluding hydrogens is 170 g/mol. The van der Waals surface area contributed by atoms with Gasteiger partial charge in [0.25, 0.3) is 0 Å². The smallest absolute Gasteiger partial charge is 0.332 e. The van der Waals surface area contributed by atoms with Gasteiger partial charge in [-0.3, -0.25) is 0 Å². The first kappa shape index (κ1) is 10.5. The maximum Gasteiger partial charge on any atom is 0.332 e. The van der Waals surface area contributed by atoms with Gasteiger partial charge in [0.15, 0.2) is 6.10 Å². The Balaban J connectivity index is 2.34. The van der Waals surface area contributed by atoms with Crippen molar-refractivity contribution in [3.05, 3.63) is 0 Å². The lowest BCUT2D eigenvalue weighted by molar-refractivity contribution is -0.154. The summed E-state index contributed by atoms with van der Waals surface area (Å²) >= 11 is 0. The molecule has 1 rings (SSSR count). The van der Waals surface area contributed by atoms with Gasteiger partial charge in [-0.1, -0.05) is 6.92 Å². The van der Waals surface area contributed by atoms with Gasteiger partial charge < -0.3 is 15.6 Å². The van der Waals surface area contributed by atoms with E-state index >= 15 is 0 Å². The van der Waals surface area contributed by atoms with E-state index < -0.39 is 12.1 Å². The van der Waals surface area contributed by atoms with Crippen molar-refractivity contribution in [3.8, 4) is 0 Å². The van der Waals surface area contributed by atoms with E-state index in [4.69, 9.17) is 15.6 Å². The van der Waals surface area contributed by atoms with Crippen LogP contribution in [0.25, 0.3) is 0 Å². The third-order valence-electron chi connectivity index (χ3n) is 2.43. The molecular formula is C9H17NO3. The molecule has 3 N–H and O–H groups in total. The molecule has 3 unspecified atom stereocenters. The first-order valence-electron chi connectivity index (χ1n) is 4.77. The van der Waals surface area contributed by atoms with Gasteiger partial charge in [-0.2, -0.15) is 0 Å². The Morgan fingerprint density at radius 3 is 2.77 bits per heavy atom. The van der Waals surface area contributed by atoms with Crippen LogP contribution in [0, 0.1) is 0 Å². The number of carboxylic acids is 1. The van der Waals surface area contributed by atoms with E-state index in [1.807, 2.05) is 6.92 Å². The molecule has 3 atom stereocenters. The van der Waals surface area contributed by atoms with Gasteiger partial charge in [-0.25, -0.2) is 4.79 Å². The van der Waals surface area contributed by atoms with Gasteiger partial charge in [0.2, 0.25) is 0 Å². The van der Waals surface area contributed by atoms with Crippen molar-refractivity contribution in [2.24, 2.45) is 5.73 Å². The van der Waals surface area contributed by atoms with E-state index in [1.165, 1.54) is 0 Å². The average molecular weight is 187 g/mol. The molecule has 0 aromatic carbocycles. The number of aliphatic carboxylic acids is 1. The molecule has 0 aliphatic heterocycles. The number of hydrogen-bond acceptors (Lipinski definition) is 3. The minimum atomic E-state index is -0.872. The molecule has 4 nitrogen and oxygen atoms in total. The van der Waals surface area contributed by atoms with Crippen LogP contribution in [-0.2, 0) is 9.53 Å². The second-order valence-electron chi connectivity index (χ2n) is 3.57. The zero-order valence-electron chi connectivity index (χ0n) is 7.90. The van der Waals surface area contributed by atoms with E-state index in [0.717, 1.165) is 19.3 Å². The summed E-state index contributed by atoms with van der Waals surface area (Å²) in [5.41, 5.74) is 5.69. The molecule has 1 aliphatic carbocycles. The zero-order valence-corrected chi connectivity index (χ0v) is 7.90. The number of hydrogen-bond donors (Lipinski definition) is 2. The van der Waals surface area contributed by atoms with E-state index in [2.05, 4.69) is 0 Å². The Bertz CT molecular complexity index is 184. The Hall–Kier alpha value is -0.610. The quantitative estimate of drug-likeness (QED) is 0.681. The molecule has 13 heavy (non-hydrogen) atoms. The number of carbonyl (C=O) groups is 1. The maximum atomic E-state index is 10.6. The molecule has 0 amide bonds. The summed E-state index contributed by atoms with van der Waals surface area (Å²) in [5, 5.41) is 8.74. The van der Waals surface area contributed by atoms with Crippen molar-refractivity contribution in [1.82, 2.24) is 0 Å². The fraction of sp³-hybridized carbons (Fsp3) is 0.889. The lowest BCUT2D eigenvalue weighted by atomic mass is 10.2. The van der Waals surface area contributed by atoms with Gasteiger partial charge >= 0.3 is 5.97 Å². The third-order valence-corrected chi connectivity index (χ3v) is 2.43. The van der Waals surface area contributed by atoms with Crippen LogP contribution in [0.2, 0.25) is 0 Å². The highest BCUT2D eigenvalue weighted by Crippen LogP contribution is 2.22. The highest BCUT2D eigenvalue weighted by molar-refractivity contribution is 5.72. The molecule has 0 bridgehead atoms. The van der Waals surface area contributed by atoms with E-state index in [0.29, 0.717) is 6.42 Å². The highest BCUT2D eigenvalue weighted by Gasteiger charge is 2.27. The van der Waals surface area contributed by atoms with Crippen LogP contribution in [0.15, 0.2) is 0 Å². The van der Waals surface area contributed by atoms with Gasteiger partial charge in [0, 0.05) is 6.04 Å². The standard InChI is InChI=1S/C9H17NO3/c1-2-8(9(11)12)13-7-4-3-6(10)5-7/h6-8H,2-5,10H2,1H3,(H,11,12). The number of carboxylic acid groups (broad SMARTS) is 1. The van der Waals surface area contributed by atoms with E-state index in [1.54, 1.807) is 0 Å². The lowest BCUT2D eigenvalue weighted by Crippen LogP contribution is -2.28. The van der Waals surface area contributed by atoms with Crippen molar-refractivity contribution in [2.75, 3.05) is 0 Å². The summed E-state index contributed by atoms with van der Waals surface area (Å²) in [6.45, 7) is 1.81. The minimum absolute atomic E-state index is 0.0519. The molecule has 1 saturated carbocycles. The summed E-state index contributed by atoms with van der Waals surface area (Å²) in [4.78, 5) is 10.6. The second kappa shape index (κ2) is 4.58. The molecule has 0 spiro atoms. The summed E-state index contributed by atoms with van der Waals surface area (Å²) in [6, 6.07) is 0.191. The highest BCUT2D eigenvalue weighted by atomic mass is 16.5. The Morgan fingerprint density at radius 2 is 2.38 bits per heavy atom. The first-order chi connectivity index (χ1) is 6.13. The predicted molar refractivity (Wildman–Crippen MR) is 48.4 cm³/mol. The van der Waals surface area contributed by atoms with Crippen LogP contribution >= 0.6 is 0 Å². The number of ether oxygens (including phenoxy) is 1. The molecule has 0 heterocycles. The first-order valence-corrected chi connectivity index (χ1v) is 4.77. The second-order valence-corrected chi connectivity index (χ2v) is 3.57. The molecule has 0 radical (unpaired) electrons. The minimum Gasteiger partial charge on any atom is -0.479 e. The SMILES string of the molecule is CCC(OC1CCC(N)C1)C(=O)O. The topological polar surface area (TPSA) is 72.5 Å². The Labute approximate surface area is 78.1 Å². The van der Waals surface area contributed by atoms with E-state index in [9.17, 15) is 4.79 Å². The van der Waals surface area contributed by atoms with Crippen molar-refractivity contribution >= 4 is 5.97 Å². The number of nitrogens with two attached hydrogens (primary N) is 1. The van der Waals surface area contributed by atoms with Crippen LogP contribution in [0.1, 0.15) is 32.6 Å². The van der Waals surface area contributed by atoms with Crippen LogP contribution in [-0.4, -0.2) is 29.3 Å². The fourth-order valence-electron chi connectivity index (χ4n) is 1.66. The monoisotopic (exact) mass is 187 g/mol. The fourth-order valence-corrected chi connectivity index (χ4v) is 1.66. The zero-order chi connectivity index (χ0) is 9.84. The predicted octanol–water partition coefficient (Wildman–Crippen LogP) is 0.746. The Kier molecular flexibility index (Phi) is 3.69. The van der Waals surface area contributed by atoms with Crippen molar-refractivity contribution in [3.63, 3.8) is 0 Å².